The van der Waals surface area contributed by atoms with Crippen LogP contribution in [-0.2, 0) is 16.1 Å². The first-order valence-electron chi connectivity index (χ1n) is 5.52. The van der Waals surface area contributed by atoms with E-state index >= 15 is 0 Å². The second-order valence-electron chi connectivity index (χ2n) is 3.81. The minimum Gasteiger partial charge on any atom is -0.674 e. The Bertz CT molecular complexity index is 579. The number of para-hydroxylation sites is 1. The van der Waals surface area contributed by atoms with Crippen LogP contribution in [0.3, 0.4) is 0 Å². The number of ether oxygens (including phenoxy) is 2. The van der Waals surface area contributed by atoms with Crippen molar-refractivity contribution in [3.05, 3.63) is 35.3 Å². The van der Waals surface area contributed by atoms with Crippen molar-refractivity contribution < 1.29 is 62.7 Å². The molecule has 2 aromatic rings. The van der Waals surface area contributed by atoms with E-state index in [1.165, 1.54) is 7.11 Å². The molecule has 1 N–H and O–H groups in total. The summed E-state index contributed by atoms with van der Waals surface area (Å²) in [6.07, 6.45) is 0. The van der Waals surface area contributed by atoms with Crippen molar-refractivity contribution in [3.8, 4) is 5.75 Å². The Balaban J connectivity index is 0.00000180. The minimum absolute atomic E-state index is 0. The van der Waals surface area contributed by atoms with Gasteiger partial charge in [-0.25, -0.2) is 4.79 Å². The third-order valence-electron chi connectivity index (χ3n) is 2.73. The van der Waals surface area contributed by atoms with E-state index in [4.69, 9.17) is 14.9 Å². The number of nitrogens with one attached hydrogen (secondary N) is 1. The van der Waals surface area contributed by atoms with Crippen LogP contribution in [0.5, 0.6) is 5.75 Å². The zero-order valence-electron chi connectivity index (χ0n) is 10.9. The first kappa shape index (κ1) is 16.5. The predicted molar refractivity (Wildman–Crippen MR) is 66.5 cm³/mol. The van der Waals surface area contributed by atoms with Gasteiger partial charge in [0.05, 0.1) is 7.11 Å². The summed E-state index contributed by atoms with van der Waals surface area (Å²) in [5.41, 5.74) is 8.89. The molecule has 0 unspecified atom stereocenters. The first-order valence-corrected chi connectivity index (χ1v) is 5.52. The van der Waals surface area contributed by atoms with Gasteiger partial charge in [0.15, 0.2) is 17.9 Å². The summed E-state index contributed by atoms with van der Waals surface area (Å²) in [4.78, 5) is 11.0. The number of rotatable bonds is 4. The number of esters is 1. The summed E-state index contributed by atoms with van der Waals surface area (Å²) in [6, 6.07) is 5.41. The standard InChI is InChI=1S/C13H14NO4.Ac/c1-8-10(6-14)9-4-3-5-11(13(9)18-8)17-7-12(15)16-2;/h3-5,14H,6-7H2,1-2H3;/q-1;. The monoisotopic (exact) mass is 475 g/mol. The molecule has 0 fully saturated rings. The molecule has 1 aromatic carbocycles. The number of hydrogen-bond acceptors (Lipinski definition) is 4. The molecule has 6 heteroatoms. The van der Waals surface area contributed by atoms with Crippen molar-refractivity contribution in [2.45, 2.75) is 13.5 Å². The molecule has 0 aliphatic carbocycles. The molecular formula is C13H14AcNO4-. The quantitative estimate of drug-likeness (QED) is 0.638. The molecule has 0 spiro atoms. The number of aryl methyl sites for hydroxylation is 1. The van der Waals surface area contributed by atoms with Gasteiger partial charge < -0.3 is 19.6 Å². The average molecular weight is 475 g/mol. The zero-order chi connectivity index (χ0) is 13.1. The predicted octanol–water partition coefficient (Wildman–Crippen LogP) is 2.85. The molecule has 0 aliphatic rings. The van der Waals surface area contributed by atoms with Crippen molar-refractivity contribution in [3.63, 3.8) is 0 Å². The minimum atomic E-state index is -0.448. The maximum Gasteiger partial charge on any atom is 0.343 e. The van der Waals surface area contributed by atoms with Crippen LogP contribution in [0.4, 0.5) is 0 Å². The molecule has 0 aliphatic heterocycles. The first-order chi connectivity index (χ1) is 8.67. The molecule has 1 radical (unpaired) electrons. The largest absolute Gasteiger partial charge is 0.674 e. The van der Waals surface area contributed by atoms with Crippen molar-refractivity contribution in [1.82, 2.24) is 0 Å². The molecule has 2 rings (SSSR count). The van der Waals surface area contributed by atoms with Crippen molar-refractivity contribution in [2.24, 2.45) is 0 Å². The van der Waals surface area contributed by atoms with E-state index in [0.29, 0.717) is 17.1 Å². The van der Waals surface area contributed by atoms with E-state index < -0.39 is 5.97 Å². The van der Waals surface area contributed by atoms with E-state index in [0.717, 1.165) is 10.9 Å². The van der Waals surface area contributed by atoms with Gasteiger partial charge in [0.25, 0.3) is 0 Å². The van der Waals surface area contributed by atoms with E-state index in [-0.39, 0.29) is 57.2 Å². The Hall–Kier alpha value is -0.568. The number of methoxy groups -OCH3 is 1. The molecule has 1 aromatic heterocycles. The van der Waals surface area contributed by atoms with Gasteiger partial charge in [-0.3, -0.25) is 0 Å². The summed E-state index contributed by atoms with van der Waals surface area (Å²) < 4.78 is 15.5. The Kier molecular flexibility index (Phi) is 6.31. The van der Waals surface area contributed by atoms with E-state index in [9.17, 15) is 4.79 Å². The second kappa shape index (κ2) is 7.28. The fourth-order valence-electron chi connectivity index (χ4n) is 1.79. The number of fused-ring (bicyclic) bond motifs is 1. The van der Waals surface area contributed by atoms with E-state index in [2.05, 4.69) is 4.74 Å². The Morgan fingerprint density at radius 3 is 2.79 bits per heavy atom. The van der Waals surface area contributed by atoms with E-state index in [1.807, 2.05) is 19.1 Å². The topological polar surface area (TPSA) is 72.5 Å². The maximum atomic E-state index is 11.0. The summed E-state index contributed by atoms with van der Waals surface area (Å²) >= 11 is 0. The Morgan fingerprint density at radius 2 is 2.16 bits per heavy atom. The summed E-state index contributed by atoms with van der Waals surface area (Å²) in [6.45, 7) is 1.80. The van der Waals surface area contributed by atoms with Crippen LogP contribution in [-0.4, -0.2) is 19.7 Å². The third-order valence-corrected chi connectivity index (χ3v) is 2.73. The fraction of sp³-hybridized carbons (Fsp3) is 0.308. The van der Waals surface area contributed by atoms with Crippen LogP contribution in [0.15, 0.2) is 22.6 Å². The molecule has 0 atom stereocenters. The van der Waals surface area contributed by atoms with Crippen LogP contribution in [0.2, 0.25) is 0 Å². The number of carbonyl (C=O) groups is 1. The summed E-state index contributed by atoms with van der Waals surface area (Å²) in [5.74, 6) is 0.741. The Labute approximate surface area is 147 Å². The van der Waals surface area contributed by atoms with Gasteiger partial charge in [-0.15, -0.1) is 6.54 Å². The SMILES string of the molecule is COC(=O)COc1cccc2c(C[NH-])c(C)oc12.[Ac]. The molecule has 99 valence electrons. The van der Waals surface area contributed by atoms with Gasteiger partial charge in [-0.2, -0.15) is 0 Å². The van der Waals surface area contributed by atoms with Gasteiger partial charge in [-0.1, -0.05) is 12.1 Å². The molecule has 0 bridgehead atoms. The second-order valence-corrected chi connectivity index (χ2v) is 3.81. The normalized spacial score (nSPS) is 10.1. The van der Waals surface area contributed by atoms with Gasteiger partial charge in [0, 0.05) is 49.4 Å². The zero-order valence-corrected chi connectivity index (χ0v) is 15.6. The van der Waals surface area contributed by atoms with Crippen LogP contribution < -0.4 is 4.74 Å². The van der Waals surface area contributed by atoms with Crippen LogP contribution in [0, 0.1) is 51.0 Å². The molecule has 0 amide bonds. The van der Waals surface area contributed by atoms with Crippen molar-refractivity contribution in [1.29, 1.82) is 0 Å². The number of hydrogen-bond donors (Lipinski definition) is 0. The Morgan fingerprint density at radius 1 is 1.42 bits per heavy atom. The smallest absolute Gasteiger partial charge is 0.343 e. The fourth-order valence-corrected chi connectivity index (χ4v) is 1.79. The number of benzene rings is 1. The summed E-state index contributed by atoms with van der Waals surface area (Å²) in [7, 11) is 1.31. The number of furan rings is 1. The molecule has 5 nitrogen and oxygen atoms in total. The molecule has 0 saturated carbocycles. The molecular weight excluding hydrogens is 461 g/mol. The van der Waals surface area contributed by atoms with Gasteiger partial charge in [-0.05, 0) is 18.6 Å². The van der Waals surface area contributed by atoms with E-state index in [1.54, 1.807) is 6.07 Å². The van der Waals surface area contributed by atoms with Crippen LogP contribution in [0.1, 0.15) is 11.3 Å². The van der Waals surface area contributed by atoms with Gasteiger partial charge in [0.1, 0.15) is 5.76 Å². The average Bonchev–Trinajstić information content (AvgIpc) is 2.71. The van der Waals surface area contributed by atoms with Crippen LogP contribution >= 0.6 is 0 Å². The van der Waals surface area contributed by atoms with Gasteiger partial charge >= 0.3 is 5.97 Å². The van der Waals surface area contributed by atoms with Crippen LogP contribution in [0.25, 0.3) is 16.7 Å². The third kappa shape index (κ3) is 3.50. The maximum absolute atomic E-state index is 11.0. The van der Waals surface area contributed by atoms with Crippen molar-refractivity contribution >= 4 is 16.9 Å². The molecule has 19 heavy (non-hydrogen) atoms. The summed E-state index contributed by atoms with van der Waals surface area (Å²) in [5, 5.41) is 0.852. The van der Waals surface area contributed by atoms with Crippen molar-refractivity contribution in [2.75, 3.05) is 13.7 Å². The molecule has 0 saturated heterocycles. The molecule has 1 heterocycles. The number of carbonyl (C=O) groups excluding carboxylic acids is 1. The van der Waals surface area contributed by atoms with Gasteiger partial charge in [0.2, 0.25) is 0 Å².